The summed E-state index contributed by atoms with van der Waals surface area (Å²) < 4.78 is 15.3. The number of nitrogens with zero attached hydrogens (tertiary/aromatic N) is 3. The van der Waals surface area contributed by atoms with Crippen LogP contribution in [0.25, 0.3) is 16.8 Å². The summed E-state index contributed by atoms with van der Waals surface area (Å²) in [5.74, 6) is 0.527. The molecule has 0 atom stereocenters. The van der Waals surface area contributed by atoms with Crippen molar-refractivity contribution in [1.82, 2.24) is 20.1 Å². The van der Waals surface area contributed by atoms with Gasteiger partial charge in [-0.1, -0.05) is 32.9 Å². The molecule has 1 heterocycles. The molecule has 0 aliphatic rings. The summed E-state index contributed by atoms with van der Waals surface area (Å²) in [6.45, 7) is 10.1. The maximum atomic E-state index is 13.4. The minimum atomic E-state index is -0.317. The number of hydrogen-bond acceptors (Lipinski definition) is 3. The Morgan fingerprint density at radius 1 is 1.14 bits per heavy atom. The number of halogens is 1. The van der Waals surface area contributed by atoms with Gasteiger partial charge in [0.05, 0.1) is 0 Å². The quantitative estimate of drug-likeness (QED) is 0.632. The second-order valence-corrected chi connectivity index (χ2v) is 8.18. The number of nitrogens with one attached hydrogen (secondary N) is 1. The molecular formula is C23H27FN4O. The summed E-state index contributed by atoms with van der Waals surface area (Å²) in [7, 11) is 0. The van der Waals surface area contributed by atoms with E-state index >= 15 is 0 Å². The molecule has 29 heavy (non-hydrogen) atoms. The lowest BCUT2D eigenvalue weighted by Crippen LogP contribution is -2.42. The number of carbonyl (C=O) groups is 1. The summed E-state index contributed by atoms with van der Waals surface area (Å²) in [5, 5.41) is 11.3. The van der Waals surface area contributed by atoms with Crippen LogP contribution >= 0.6 is 0 Å². The Hall–Kier alpha value is -3.02. The van der Waals surface area contributed by atoms with Crippen LogP contribution in [0.4, 0.5) is 4.39 Å². The van der Waals surface area contributed by atoms with Crippen molar-refractivity contribution in [2.75, 3.05) is 0 Å². The molecule has 1 aromatic heterocycles. The van der Waals surface area contributed by atoms with Crippen LogP contribution in [-0.2, 0) is 0 Å². The Balaban J connectivity index is 2.13. The minimum absolute atomic E-state index is 0.152. The van der Waals surface area contributed by atoms with Crippen LogP contribution in [0.15, 0.2) is 48.8 Å². The molecule has 0 saturated heterocycles. The van der Waals surface area contributed by atoms with Crippen molar-refractivity contribution in [3.05, 3.63) is 66.0 Å². The fourth-order valence-corrected chi connectivity index (χ4v) is 2.99. The van der Waals surface area contributed by atoms with Gasteiger partial charge < -0.3 is 5.32 Å². The molecule has 5 nitrogen and oxygen atoms in total. The third kappa shape index (κ3) is 4.70. The van der Waals surface area contributed by atoms with Gasteiger partial charge in [0.1, 0.15) is 18.0 Å². The van der Waals surface area contributed by atoms with Gasteiger partial charge in [0, 0.05) is 22.7 Å². The van der Waals surface area contributed by atoms with Gasteiger partial charge in [-0.15, -0.1) is 10.2 Å². The predicted molar refractivity (Wildman–Crippen MR) is 113 cm³/mol. The van der Waals surface area contributed by atoms with Crippen LogP contribution < -0.4 is 5.32 Å². The fourth-order valence-electron chi connectivity index (χ4n) is 2.99. The van der Waals surface area contributed by atoms with E-state index in [2.05, 4.69) is 15.5 Å². The van der Waals surface area contributed by atoms with E-state index in [-0.39, 0.29) is 23.2 Å². The van der Waals surface area contributed by atoms with E-state index in [1.165, 1.54) is 12.1 Å². The van der Waals surface area contributed by atoms with Gasteiger partial charge in [-0.3, -0.25) is 9.36 Å². The lowest BCUT2D eigenvalue weighted by molar-refractivity contribution is 0.0911. The van der Waals surface area contributed by atoms with Gasteiger partial charge in [-0.05, 0) is 61.7 Å². The van der Waals surface area contributed by atoms with Gasteiger partial charge >= 0.3 is 0 Å². The Morgan fingerprint density at radius 3 is 2.45 bits per heavy atom. The van der Waals surface area contributed by atoms with Crippen molar-refractivity contribution < 1.29 is 9.18 Å². The topological polar surface area (TPSA) is 59.8 Å². The number of carbonyl (C=O) groups excluding carboxylic acids is 1. The van der Waals surface area contributed by atoms with Crippen molar-refractivity contribution in [1.29, 1.82) is 0 Å². The molecule has 2 aromatic carbocycles. The highest BCUT2D eigenvalue weighted by atomic mass is 19.1. The van der Waals surface area contributed by atoms with E-state index in [1.54, 1.807) is 18.5 Å². The normalized spacial score (nSPS) is 11.7. The lowest BCUT2D eigenvalue weighted by atomic mass is 9.98. The van der Waals surface area contributed by atoms with Crippen molar-refractivity contribution >= 4 is 5.91 Å². The molecule has 0 aliphatic heterocycles. The zero-order valence-corrected chi connectivity index (χ0v) is 17.5. The third-order valence-corrected chi connectivity index (χ3v) is 5.06. The zero-order valence-electron chi connectivity index (χ0n) is 17.5. The lowest BCUT2D eigenvalue weighted by Gasteiger charge is -2.25. The largest absolute Gasteiger partial charge is 0.347 e. The van der Waals surface area contributed by atoms with Crippen molar-refractivity contribution in [2.45, 2.75) is 52.5 Å². The average Bonchev–Trinajstić information content (AvgIpc) is 3.18. The Morgan fingerprint density at radius 2 is 1.83 bits per heavy atom. The molecule has 152 valence electrons. The second kappa shape index (κ2) is 8.15. The zero-order chi connectivity index (χ0) is 21.2. The highest BCUT2D eigenvalue weighted by molar-refractivity contribution is 5.96. The van der Waals surface area contributed by atoms with E-state index in [9.17, 15) is 9.18 Å². The molecule has 0 unspecified atom stereocenters. The van der Waals surface area contributed by atoms with Crippen molar-refractivity contribution in [3.8, 4) is 16.8 Å². The van der Waals surface area contributed by atoms with Crippen LogP contribution in [0, 0.1) is 5.82 Å². The number of benzene rings is 2. The number of hydrogen-bond donors (Lipinski definition) is 1. The van der Waals surface area contributed by atoms with Crippen LogP contribution in [0.1, 0.15) is 63.1 Å². The van der Waals surface area contributed by atoms with Crippen molar-refractivity contribution in [3.63, 3.8) is 0 Å². The number of aromatic nitrogens is 3. The maximum absolute atomic E-state index is 13.4. The smallest absolute Gasteiger partial charge is 0.251 e. The van der Waals surface area contributed by atoms with Gasteiger partial charge in [-0.2, -0.15) is 0 Å². The SMILES string of the molecule is CCC(C)(C)NC(=O)c1cc(-c2ccc(F)cc2)cc(-n2cnnc2C(C)C)c1. The summed E-state index contributed by atoms with van der Waals surface area (Å²) in [6, 6.07) is 11.9. The minimum Gasteiger partial charge on any atom is -0.347 e. The molecule has 3 rings (SSSR count). The number of amides is 1. The monoisotopic (exact) mass is 394 g/mol. The summed E-state index contributed by atoms with van der Waals surface area (Å²) in [4.78, 5) is 13.0. The van der Waals surface area contributed by atoms with Crippen LogP contribution in [-0.4, -0.2) is 26.2 Å². The van der Waals surface area contributed by atoms with Crippen LogP contribution in [0.5, 0.6) is 0 Å². The van der Waals surface area contributed by atoms with E-state index in [0.29, 0.717) is 5.56 Å². The fraction of sp³-hybridized carbons (Fsp3) is 0.348. The highest BCUT2D eigenvalue weighted by Crippen LogP contribution is 2.27. The predicted octanol–water partition coefficient (Wildman–Crippen LogP) is 5.12. The molecule has 1 N–H and O–H groups in total. The molecule has 0 radical (unpaired) electrons. The first-order valence-electron chi connectivity index (χ1n) is 9.84. The Kier molecular flexibility index (Phi) is 5.82. The van der Waals surface area contributed by atoms with Crippen LogP contribution in [0.3, 0.4) is 0 Å². The van der Waals surface area contributed by atoms with E-state index < -0.39 is 0 Å². The van der Waals surface area contributed by atoms with Gasteiger partial charge in [0.25, 0.3) is 5.91 Å². The molecule has 6 heteroatoms. The van der Waals surface area contributed by atoms with E-state index in [0.717, 1.165) is 29.1 Å². The van der Waals surface area contributed by atoms with Gasteiger partial charge in [-0.25, -0.2) is 4.39 Å². The standard InChI is InChI=1S/C23H27FN4O/c1-6-23(4,5)26-22(29)18-11-17(16-7-9-19(24)10-8-16)12-20(13-18)28-14-25-27-21(28)15(2)3/h7-15H,6H2,1-5H3,(H,26,29). The summed E-state index contributed by atoms with van der Waals surface area (Å²) >= 11 is 0. The molecule has 0 fully saturated rings. The van der Waals surface area contributed by atoms with Gasteiger partial charge in [0.15, 0.2) is 0 Å². The molecule has 1 amide bonds. The van der Waals surface area contributed by atoms with Crippen LogP contribution in [0.2, 0.25) is 0 Å². The van der Waals surface area contributed by atoms with E-state index in [1.807, 2.05) is 57.4 Å². The summed E-state index contributed by atoms with van der Waals surface area (Å²) in [5.41, 5.74) is 2.66. The Bertz CT molecular complexity index is 1010. The molecule has 0 saturated carbocycles. The third-order valence-electron chi connectivity index (χ3n) is 5.06. The molecule has 0 bridgehead atoms. The maximum Gasteiger partial charge on any atom is 0.251 e. The average molecular weight is 394 g/mol. The first-order valence-corrected chi connectivity index (χ1v) is 9.84. The summed E-state index contributed by atoms with van der Waals surface area (Å²) in [6.07, 6.45) is 2.46. The van der Waals surface area contributed by atoms with Crippen molar-refractivity contribution in [2.24, 2.45) is 0 Å². The Labute approximate surface area is 171 Å². The molecule has 0 spiro atoms. The highest BCUT2D eigenvalue weighted by Gasteiger charge is 2.20. The molecular weight excluding hydrogens is 367 g/mol. The van der Waals surface area contributed by atoms with Gasteiger partial charge in [0.2, 0.25) is 0 Å². The first-order chi connectivity index (χ1) is 13.7. The molecule has 3 aromatic rings. The molecule has 0 aliphatic carbocycles. The second-order valence-electron chi connectivity index (χ2n) is 8.18. The van der Waals surface area contributed by atoms with E-state index in [4.69, 9.17) is 0 Å². The first kappa shape index (κ1) is 20.7. The number of rotatable bonds is 6.